The Labute approximate surface area is 94.1 Å². The molecule has 88 valence electrons. The van der Waals surface area contributed by atoms with Gasteiger partial charge in [-0.1, -0.05) is 26.8 Å². The van der Waals surface area contributed by atoms with E-state index in [4.69, 9.17) is 0 Å². The van der Waals surface area contributed by atoms with Crippen molar-refractivity contribution in [2.24, 2.45) is 5.41 Å². The number of hydrogen-bond donors (Lipinski definition) is 1. The first-order valence-corrected chi connectivity index (χ1v) is 5.73. The van der Waals surface area contributed by atoms with Crippen LogP contribution in [0.2, 0.25) is 0 Å². The van der Waals surface area contributed by atoms with Crippen LogP contribution in [0.5, 0.6) is 0 Å². The smallest absolute Gasteiger partial charge is 0.217 e. The number of hydrogen-bond acceptors (Lipinski definition) is 1. The fourth-order valence-corrected chi connectivity index (χ4v) is 1.92. The highest BCUT2D eigenvalue weighted by Crippen LogP contribution is 2.34. The number of nitrogens with one attached hydrogen (secondary N) is 1. The van der Waals surface area contributed by atoms with E-state index in [9.17, 15) is 4.79 Å². The predicted molar refractivity (Wildman–Crippen MR) is 65.7 cm³/mol. The summed E-state index contributed by atoms with van der Waals surface area (Å²) in [5.74, 6) is 0.0434. The van der Waals surface area contributed by atoms with Gasteiger partial charge in [-0.25, -0.2) is 0 Å². The Morgan fingerprint density at radius 2 is 1.87 bits per heavy atom. The highest BCUT2D eigenvalue weighted by molar-refractivity contribution is 5.73. The number of carbonyl (C=O) groups is 1. The topological polar surface area (TPSA) is 29.1 Å². The van der Waals surface area contributed by atoms with Crippen molar-refractivity contribution in [3.63, 3.8) is 0 Å². The Morgan fingerprint density at radius 1 is 1.33 bits per heavy atom. The van der Waals surface area contributed by atoms with Crippen molar-refractivity contribution in [2.45, 2.75) is 59.4 Å². The molecule has 0 aromatic carbocycles. The van der Waals surface area contributed by atoms with Gasteiger partial charge in [-0.05, 0) is 31.6 Å². The second kappa shape index (κ2) is 5.34. The van der Waals surface area contributed by atoms with Crippen LogP contribution in [0.25, 0.3) is 0 Å². The summed E-state index contributed by atoms with van der Waals surface area (Å²) in [4.78, 5) is 11.1. The maximum Gasteiger partial charge on any atom is 0.217 e. The summed E-state index contributed by atoms with van der Waals surface area (Å²) in [6, 6.07) is 0. The third kappa shape index (κ3) is 4.50. The molecule has 0 spiro atoms. The van der Waals surface area contributed by atoms with Crippen molar-refractivity contribution in [3.8, 4) is 0 Å². The number of rotatable bonds is 6. The van der Waals surface area contributed by atoms with E-state index >= 15 is 0 Å². The Morgan fingerprint density at radius 3 is 2.13 bits per heavy atom. The van der Waals surface area contributed by atoms with Gasteiger partial charge in [0.15, 0.2) is 0 Å². The normalized spacial score (nSPS) is 18.7. The minimum Gasteiger partial charge on any atom is -0.351 e. The van der Waals surface area contributed by atoms with Crippen molar-refractivity contribution < 1.29 is 4.79 Å². The zero-order valence-electron chi connectivity index (χ0n) is 10.8. The third-order valence-corrected chi connectivity index (χ3v) is 3.35. The largest absolute Gasteiger partial charge is 0.351 e. The maximum atomic E-state index is 11.1. The van der Waals surface area contributed by atoms with Crippen LogP contribution in [0.4, 0.5) is 0 Å². The quantitative estimate of drug-likeness (QED) is 0.671. The maximum absolute atomic E-state index is 11.1. The van der Waals surface area contributed by atoms with Gasteiger partial charge in [0.1, 0.15) is 0 Å². The molecule has 2 heteroatoms. The molecule has 2 nitrogen and oxygen atoms in total. The molecule has 1 N–H and O–H groups in total. The van der Waals surface area contributed by atoms with Crippen molar-refractivity contribution in [1.82, 2.24) is 5.32 Å². The van der Waals surface area contributed by atoms with E-state index in [1.165, 1.54) is 0 Å². The SMILES string of the molecule is C=CC(C)(CC)CC(C)(CC)NC(C)=O. The van der Waals surface area contributed by atoms with Crippen LogP contribution in [-0.4, -0.2) is 11.4 Å². The number of carbonyl (C=O) groups excluding carboxylic acids is 1. The molecule has 0 radical (unpaired) electrons. The Balaban J connectivity index is 4.68. The summed E-state index contributed by atoms with van der Waals surface area (Å²) in [7, 11) is 0. The average Bonchev–Trinajstić information content (AvgIpc) is 2.16. The van der Waals surface area contributed by atoms with E-state index < -0.39 is 0 Å². The van der Waals surface area contributed by atoms with Gasteiger partial charge in [-0.2, -0.15) is 0 Å². The highest BCUT2D eigenvalue weighted by atomic mass is 16.1. The van der Waals surface area contributed by atoms with E-state index in [1.807, 2.05) is 6.08 Å². The van der Waals surface area contributed by atoms with Crippen LogP contribution in [0, 0.1) is 5.41 Å². The molecule has 0 aromatic heterocycles. The van der Waals surface area contributed by atoms with E-state index in [-0.39, 0.29) is 16.9 Å². The minimum atomic E-state index is -0.120. The third-order valence-electron chi connectivity index (χ3n) is 3.35. The van der Waals surface area contributed by atoms with E-state index in [0.29, 0.717) is 0 Å². The van der Waals surface area contributed by atoms with Crippen molar-refractivity contribution in [3.05, 3.63) is 12.7 Å². The lowest BCUT2D eigenvalue weighted by atomic mass is 9.75. The number of allylic oxidation sites excluding steroid dienone is 1. The van der Waals surface area contributed by atoms with E-state index in [1.54, 1.807) is 6.92 Å². The molecule has 0 fully saturated rings. The molecule has 0 aromatic rings. The first-order valence-electron chi connectivity index (χ1n) is 5.73. The lowest BCUT2D eigenvalue weighted by Gasteiger charge is -2.37. The Kier molecular flexibility index (Phi) is 5.06. The highest BCUT2D eigenvalue weighted by Gasteiger charge is 2.31. The van der Waals surface area contributed by atoms with Gasteiger partial charge in [0, 0.05) is 12.5 Å². The average molecular weight is 211 g/mol. The van der Waals surface area contributed by atoms with Gasteiger partial charge in [-0.15, -0.1) is 6.58 Å². The van der Waals surface area contributed by atoms with Crippen LogP contribution in [0.1, 0.15) is 53.9 Å². The molecule has 0 rings (SSSR count). The van der Waals surface area contributed by atoms with Crippen LogP contribution in [-0.2, 0) is 4.79 Å². The summed E-state index contributed by atoms with van der Waals surface area (Å²) in [6.07, 6.45) is 4.93. The molecule has 0 heterocycles. The fourth-order valence-electron chi connectivity index (χ4n) is 1.92. The van der Waals surface area contributed by atoms with Crippen LogP contribution in [0.15, 0.2) is 12.7 Å². The lowest BCUT2D eigenvalue weighted by Crippen LogP contribution is -2.47. The first-order chi connectivity index (χ1) is 6.81. The molecule has 2 atom stereocenters. The second-order valence-electron chi connectivity index (χ2n) is 4.98. The monoisotopic (exact) mass is 211 g/mol. The molecule has 0 aliphatic carbocycles. The van der Waals surface area contributed by atoms with Crippen molar-refractivity contribution in [1.29, 1.82) is 0 Å². The minimum absolute atomic E-state index is 0.0434. The standard InChI is InChI=1S/C13H25NO/c1-7-12(5,8-2)10-13(6,9-3)14-11(4)15/h7H,1,8-10H2,2-6H3,(H,14,15). The predicted octanol–water partition coefficient (Wildman–Crippen LogP) is 3.28. The summed E-state index contributed by atoms with van der Waals surface area (Å²) < 4.78 is 0. The van der Waals surface area contributed by atoms with Gasteiger partial charge in [0.05, 0.1) is 0 Å². The summed E-state index contributed by atoms with van der Waals surface area (Å²) in [5, 5.41) is 3.04. The van der Waals surface area contributed by atoms with Crippen LogP contribution < -0.4 is 5.32 Å². The van der Waals surface area contributed by atoms with Crippen molar-refractivity contribution in [2.75, 3.05) is 0 Å². The molecular weight excluding hydrogens is 186 g/mol. The van der Waals surface area contributed by atoms with Gasteiger partial charge in [0.25, 0.3) is 0 Å². The summed E-state index contributed by atoms with van der Waals surface area (Å²) in [6.45, 7) is 14.0. The number of amides is 1. The summed E-state index contributed by atoms with van der Waals surface area (Å²) in [5.41, 5.74) is -0.0159. The molecule has 15 heavy (non-hydrogen) atoms. The van der Waals surface area contributed by atoms with Gasteiger partial charge >= 0.3 is 0 Å². The second-order valence-corrected chi connectivity index (χ2v) is 4.98. The molecule has 0 aliphatic rings. The Hall–Kier alpha value is -0.790. The van der Waals surface area contributed by atoms with Crippen LogP contribution >= 0.6 is 0 Å². The molecule has 2 unspecified atom stereocenters. The molecule has 0 aliphatic heterocycles. The first kappa shape index (κ1) is 14.2. The molecular formula is C13H25NO. The van der Waals surface area contributed by atoms with E-state index in [0.717, 1.165) is 19.3 Å². The van der Waals surface area contributed by atoms with Crippen molar-refractivity contribution >= 4 is 5.91 Å². The van der Waals surface area contributed by atoms with E-state index in [2.05, 4.69) is 39.6 Å². The summed E-state index contributed by atoms with van der Waals surface area (Å²) >= 11 is 0. The molecule has 0 saturated carbocycles. The molecule has 0 bridgehead atoms. The fraction of sp³-hybridized carbons (Fsp3) is 0.769. The van der Waals surface area contributed by atoms with Gasteiger partial charge in [0.2, 0.25) is 5.91 Å². The molecule has 1 amide bonds. The Bertz CT molecular complexity index is 237. The zero-order valence-corrected chi connectivity index (χ0v) is 10.8. The lowest BCUT2D eigenvalue weighted by molar-refractivity contribution is -0.121. The van der Waals surface area contributed by atoms with Gasteiger partial charge in [-0.3, -0.25) is 4.79 Å². The molecule has 0 saturated heterocycles. The van der Waals surface area contributed by atoms with Gasteiger partial charge < -0.3 is 5.32 Å². The zero-order chi connectivity index (χ0) is 12.1. The van der Waals surface area contributed by atoms with Crippen LogP contribution in [0.3, 0.4) is 0 Å².